The van der Waals surface area contributed by atoms with E-state index in [9.17, 15) is 0 Å². The van der Waals surface area contributed by atoms with E-state index >= 15 is 0 Å². The van der Waals surface area contributed by atoms with Crippen molar-refractivity contribution in [3.8, 4) is 16.6 Å². The first-order valence-corrected chi connectivity index (χ1v) is 12.1. The summed E-state index contributed by atoms with van der Waals surface area (Å²) in [4.78, 5) is 11.3. The molecule has 34 heavy (non-hydrogen) atoms. The minimum absolute atomic E-state index is 0.158. The van der Waals surface area contributed by atoms with Gasteiger partial charge in [0.1, 0.15) is 11.5 Å². The zero-order valence-corrected chi connectivity index (χ0v) is 21.0. The van der Waals surface area contributed by atoms with Gasteiger partial charge in [0, 0.05) is 35.2 Å². The van der Waals surface area contributed by atoms with Crippen LogP contribution in [0.25, 0.3) is 5.13 Å². The number of methoxy groups -OCH3 is 2. The van der Waals surface area contributed by atoms with Crippen LogP contribution in [0.15, 0.2) is 60.2 Å². The van der Waals surface area contributed by atoms with Crippen molar-refractivity contribution in [1.29, 1.82) is 0 Å². The number of pyridine rings is 1. The average Bonchev–Trinajstić information content (AvgIpc) is 3.57. The number of ether oxygens (including phenoxy) is 2. The van der Waals surface area contributed by atoms with E-state index in [0.29, 0.717) is 10.9 Å². The van der Waals surface area contributed by atoms with E-state index < -0.39 is 0 Å². The fourth-order valence-corrected chi connectivity index (χ4v) is 5.71. The van der Waals surface area contributed by atoms with Crippen LogP contribution in [0.1, 0.15) is 34.7 Å². The second kappa shape index (κ2) is 9.08. The monoisotopic (exact) mass is 491 g/mol. The third-order valence-corrected chi connectivity index (χ3v) is 7.21. The fourth-order valence-electron chi connectivity index (χ4n) is 4.62. The molecule has 1 aliphatic rings. The molecule has 7 nitrogen and oxygen atoms in total. The Hall–Kier alpha value is -3.43. The standard InChI is InChI=1S/C25H25N5O2S2/c1-15-13-18(16(2)29(15)25-27-11-12-34-25)23-22(19-7-5-6-10-26-19)28-24(33)30(23)20-14-17(31-3)8-9-21(20)32-4/h5-14,22-23H,1-4H3,(H,28,33)/t22-,23+/m0/s1. The fraction of sp³-hybridized carbons (Fsp3) is 0.240. The van der Waals surface area contributed by atoms with Crippen molar-refractivity contribution in [3.05, 3.63) is 82.9 Å². The van der Waals surface area contributed by atoms with Crippen LogP contribution in [0.5, 0.6) is 11.5 Å². The van der Waals surface area contributed by atoms with E-state index in [0.717, 1.165) is 39.2 Å². The molecule has 5 rings (SSSR count). The van der Waals surface area contributed by atoms with Crippen LogP contribution in [-0.2, 0) is 0 Å². The summed E-state index contributed by atoms with van der Waals surface area (Å²) in [5.74, 6) is 1.44. The topological polar surface area (TPSA) is 64.4 Å². The van der Waals surface area contributed by atoms with Crippen molar-refractivity contribution in [2.45, 2.75) is 25.9 Å². The Kier molecular flexibility index (Phi) is 5.97. The van der Waals surface area contributed by atoms with Crippen LogP contribution in [0, 0.1) is 13.8 Å². The largest absolute Gasteiger partial charge is 0.497 e. The van der Waals surface area contributed by atoms with E-state index in [1.54, 1.807) is 25.6 Å². The minimum atomic E-state index is -0.164. The summed E-state index contributed by atoms with van der Waals surface area (Å²) in [5.41, 5.74) is 5.11. The molecule has 9 heteroatoms. The van der Waals surface area contributed by atoms with Crippen molar-refractivity contribution in [1.82, 2.24) is 19.9 Å². The van der Waals surface area contributed by atoms with Crippen LogP contribution >= 0.6 is 23.6 Å². The Bertz CT molecular complexity index is 1320. The molecule has 174 valence electrons. The number of thiazole rings is 1. The maximum Gasteiger partial charge on any atom is 0.193 e. The molecule has 1 N–H and O–H groups in total. The lowest BCUT2D eigenvalue weighted by Crippen LogP contribution is -2.30. The van der Waals surface area contributed by atoms with Crippen LogP contribution in [-0.4, -0.2) is 33.9 Å². The molecular weight excluding hydrogens is 466 g/mol. The van der Waals surface area contributed by atoms with Gasteiger partial charge in [-0.25, -0.2) is 4.98 Å². The van der Waals surface area contributed by atoms with Gasteiger partial charge < -0.3 is 19.7 Å². The first-order chi connectivity index (χ1) is 16.5. The molecule has 0 spiro atoms. The highest BCUT2D eigenvalue weighted by Crippen LogP contribution is 2.47. The van der Waals surface area contributed by atoms with Crippen molar-refractivity contribution >= 4 is 34.4 Å². The van der Waals surface area contributed by atoms with Gasteiger partial charge in [-0.1, -0.05) is 6.07 Å². The van der Waals surface area contributed by atoms with E-state index in [1.807, 2.05) is 54.2 Å². The molecule has 1 fully saturated rings. The number of nitrogens with zero attached hydrogens (tertiary/aromatic N) is 4. The van der Waals surface area contributed by atoms with E-state index in [4.69, 9.17) is 21.7 Å². The lowest BCUT2D eigenvalue weighted by atomic mass is 9.96. The zero-order valence-electron chi connectivity index (χ0n) is 19.4. The van der Waals surface area contributed by atoms with Gasteiger partial charge in [0.05, 0.1) is 37.7 Å². The van der Waals surface area contributed by atoms with Crippen molar-refractivity contribution in [3.63, 3.8) is 0 Å². The Morgan fingerprint density at radius 2 is 1.88 bits per heavy atom. The number of benzene rings is 1. The molecule has 3 aromatic heterocycles. The molecule has 0 bridgehead atoms. The number of aryl methyl sites for hydroxylation is 1. The van der Waals surface area contributed by atoms with Gasteiger partial charge in [-0.3, -0.25) is 9.55 Å². The number of hydrogen-bond acceptors (Lipinski definition) is 6. The summed E-state index contributed by atoms with van der Waals surface area (Å²) in [6.07, 6.45) is 3.64. The lowest BCUT2D eigenvalue weighted by molar-refractivity contribution is 0.403. The van der Waals surface area contributed by atoms with E-state index in [2.05, 4.69) is 44.7 Å². The number of hydrogen-bond donors (Lipinski definition) is 1. The number of anilines is 1. The summed E-state index contributed by atoms with van der Waals surface area (Å²) in [7, 11) is 3.32. The molecule has 1 saturated heterocycles. The zero-order chi connectivity index (χ0) is 23.8. The number of thiocarbonyl (C=S) groups is 1. The Balaban J connectivity index is 1.72. The molecule has 2 atom stereocenters. The Morgan fingerprint density at radius 1 is 1.03 bits per heavy atom. The molecule has 1 aromatic carbocycles. The van der Waals surface area contributed by atoms with Gasteiger partial charge in [-0.05, 0) is 62.0 Å². The molecule has 4 aromatic rings. The summed E-state index contributed by atoms with van der Waals surface area (Å²) >= 11 is 7.51. The Morgan fingerprint density at radius 3 is 2.56 bits per heavy atom. The minimum Gasteiger partial charge on any atom is -0.497 e. The van der Waals surface area contributed by atoms with Crippen LogP contribution in [0.2, 0.25) is 0 Å². The maximum atomic E-state index is 5.90. The van der Waals surface area contributed by atoms with E-state index in [1.165, 1.54) is 0 Å². The maximum absolute atomic E-state index is 5.90. The smallest absolute Gasteiger partial charge is 0.193 e. The van der Waals surface area contributed by atoms with Crippen molar-refractivity contribution in [2.24, 2.45) is 0 Å². The molecule has 4 heterocycles. The average molecular weight is 492 g/mol. The van der Waals surface area contributed by atoms with E-state index in [-0.39, 0.29) is 12.1 Å². The highest BCUT2D eigenvalue weighted by atomic mass is 32.1. The quantitative estimate of drug-likeness (QED) is 0.375. The molecule has 0 amide bonds. The lowest BCUT2D eigenvalue weighted by Gasteiger charge is -2.29. The number of rotatable bonds is 6. The summed E-state index contributed by atoms with van der Waals surface area (Å²) in [5, 5.41) is 7.06. The highest BCUT2D eigenvalue weighted by molar-refractivity contribution is 7.80. The van der Waals surface area contributed by atoms with Crippen molar-refractivity contribution in [2.75, 3.05) is 19.1 Å². The Labute approximate surface area is 208 Å². The first kappa shape index (κ1) is 22.4. The molecule has 0 unspecified atom stereocenters. The normalized spacial score (nSPS) is 17.6. The third kappa shape index (κ3) is 3.70. The SMILES string of the molecule is COc1ccc(OC)c(N2C(=S)N[C@@H](c3ccccn3)[C@H]2c2cc(C)n(-c3nccs3)c2C)c1. The predicted molar refractivity (Wildman–Crippen MR) is 138 cm³/mol. The van der Waals surface area contributed by atoms with Crippen LogP contribution < -0.4 is 19.7 Å². The van der Waals surface area contributed by atoms with Gasteiger partial charge in [0.25, 0.3) is 0 Å². The molecule has 0 radical (unpaired) electrons. The van der Waals surface area contributed by atoms with Crippen molar-refractivity contribution < 1.29 is 9.47 Å². The predicted octanol–water partition coefficient (Wildman–Crippen LogP) is 5.14. The molecule has 1 aliphatic heterocycles. The van der Waals surface area contributed by atoms with Gasteiger partial charge >= 0.3 is 0 Å². The molecule has 0 saturated carbocycles. The second-order valence-corrected chi connectivity index (χ2v) is 9.27. The van der Waals surface area contributed by atoms with Gasteiger partial charge in [0.15, 0.2) is 10.2 Å². The molecular formula is C25H25N5O2S2. The van der Waals surface area contributed by atoms with Crippen LogP contribution in [0.4, 0.5) is 5.69 Å². The summed E-state index contributed by atoms with van der Waals surface area (Å²) in [6, 6.07) is 13.6. The van der Waals surface area contributed by atoms with Crippen LogP contribution in [0.3, 0.4) is 0 Å². The summed E-state index contributed by atoms with van der Waals surface area (Å²) in [6.45, 7) is 4.23. The number of nitrogens with one attached hydrogen (secondary N) is 1. The van der Waals surface area contributed by atoms with Gasteiger partial charge in [0.2, 0.25) is 0 Å². The summed E-state index contributed by atoms with van der Waals surface area (Å²) < 4.78 is 13.5. The third-order valence-electron chi connectivity index (χ3n) is 6.14. The van der Waals surface area contributed by atoms with Gasteiger partial charge in [-0.15, -0.1) is 11.3 Å². The van der Waals surface area contributed by atoms with Gasteiger partial charge in [-0.2, -0.15) is 0 Å². The molecule has 0 aliphatic carbocycles. The first-order valence-electron chi connectivity index (χ1n) is 10.8. The highest BCUT2D eigenvalue weighted by Gasteiger charge is 2.43. The number of aromatic nitrogens is 3. The second-order valence-electron chi connectivity index (χ2n) is 8.01.